The molecule has 0 spiro atoms. The number of amides is 1. The predicted molar refractivity (Wildman–Crippen MR) is 104 cm³/mol. The molecule has 1 N–H and O–H groups in total. The van der Waals surface area contributed by atoms with Crippen LogP contribution in [0, 0.1) is 6.92 Å². The molecule has 1 aliphatic rings. The molecular formula is C18H21N7O2S. The quantitative estimate of drug-likeness (QED) is 0.607. The first-order chi connectivity index (χ1) is 13.7. The van der Waals surface area contributed by atoms with E-state index in [1.54, 1.807) is 9.36 Å². The Morgan fingerprint density at radius 3 is 3.00 bits per heavy atom. The number of rotatable bonds is 7. The summed E-state index contributed by atoms with van der Waals surface area (Å²) < 4.78 is 9.05. The van der Waals surface area contributed by atoms with E-state index in [0.29, 0.717) is 17.5 Å². The Kier molecular flexibility index (Phi) is 5.68. The molecule has 10 heteroatoms. The Bertz CT molecular complexity index is 935. The zero-order valence-electron chi connectivity index (χ0n) is 15.5. The number of tetrazole rings is 1. The Morgan fingerprint density at radius 1 is 1.36 bits per heavy atom. The zero-order chi connectivity index (χ0) is 19.3. The average molecular weight is 399 g/mol. The molecule has 3 aromatic rings. The van der Waals surface area contributed by atoms with Crippen molar-refractivity contribution in [3.63, 3.8) is 0 Å². The van der Waals surface area contributed by atoms with E-state index in [1.807, 2.05) is 43.3 Å². The molecule has 0 bridgehead atoms. The van der Waals surface area contributed by atoms with Crippen LogP contribution in [0.3, 0.4) is 0 Å². The lowest BCUT2D eigenvalue weighted by atomic mass is 10.2. The maximum atomic E-state index is 12.5. The van der Waals surface area contributed by atoms with Gasteiger partial charge in [-0.15, -0.1) is 5.10 Å². The number of para-hydroxylation sites is 1. The first kappa shape index (κ1) is 18.6. The predicted octanol–water partition coefficient (Wildman–Crippen LogP) is 2.08. The third kappa shape index (κ3) is 4.39. The third-order valence-electron chi connectivity index (χ3n) is 4.33. The van der Waals surface area contributed by atoms with Crippen LogP contribution in [0.2, 0.25) is 0 Å². The molecule has 3 heterocycles. The van der Waals surface area contributed by atoms with E-state index in [1.165, 1.54) is 11.8 Å². The summed E-state index contributed by atoms with van der Waals surface area (Å²) in [6.45, 7) is 3.28. The number of thioether (sulfide) groups is 1. The monoisotopic (exact) mass is 399 g/mol. The van der Waals surface area contributed by atoms with E-state index >= 15 is 0 Å². The van der Waals surface area contributed by atoms with Gasteiger partial charge >= 0.3 is 0 Å². The molecule has 1 fully saturated rings. The fourth-order valence-corrected chi connectivity index (χ4v) is 3.75. The van der Waals surface area contributed by atoms with Crippen molar-refractivity contribution in [1.29, 1.82) is 0 Å². The first-order valence-electron chi connectivity index (χ1n) is 9.11. The molecule has 28 heavy (non-hydrogen) atoms. The number of ether oxygens (including phenoxy) is 1. The second-order valence-corrected chi connectivity index (χ2v) is 7.48. The highest BCUT2D eigenvalue weighted by Gasteiger charge is 2.19. The van der Waals surface area contributed by atoms with Gasteiger partial charge in [0.1, 0.15) is 5.82 Å². The van der Waals surface area contributed by atoms with Gasteiger partial charge in [-0.05, 0) is 42.3 Å². The van der Waals surface area contributed by atoms with Gasteiger partial charge in [0, 0.05) is 12.7 Å². The van der Waals surface area contributed by atoms with E-state index in [2.05, 4.69) is 25.9 Å². The van der Waals surface area contributed by atoms with Crippen LogP contribution in [0.25, 0.3) is 5.69 Å². The molecule has 0 aliphatic carbocycles. The molecular weight excluding hydrogens is 378 g/mol. The summed E-state index contributed by atoms with van der Waals surface area (Å²) in [5, 5.41) is 19.7. The van der Waals surface area contributed by atoms with Gasteiger partial charge in [-0.3, -0.25) is 4.79 Å². The molecule has 1 amide bonds. The number of anilines is 1. The van der Waals surface area contributed by atoms with E-state index in [-0.39, 0.29) is 17.8 Å². The third-order valence-corrected chi connectivity index (χ3v) is 5.29. The van der Waals surface area contributed by atoms with Gasteiger partial charge in [-0.1, -0.05) is 30.0 Å². The van der Waals surface area contributed by atoms with E-state index < -0.39 is 0 Å². The molecule has 1 aliphatic heterocycles. The molecule has 1 unspecified atom stereocenters. The van der Waals surface area contributed by atoms with E-state index in [9.17, 15) is 4.79 Å². The molecule has 0 saturated carbocycles. The highest BCUT2D eigenvalue weighted by molar-refractivity contribution is 7.99. The van der Waals surface area contributed by atoms with Gasteiger partial charge in [0.15, 0.2) is 0 Å². The maximum absolute atomic E-state index is 12.5. The summed E-state index contributed by atoms with van der Waals surface area (Å²) in [7, 11) is 0. The average Bonchev–Trinajstić information content (AvgIpc) is 3.43. The van der Waals surface area contributed by atoms with Gasteiger partial charge in [0.2, 0.25) is 11.1 Å². The van der Waals surface area contributed by atoms with E-state index in [4.69, 9.17) is 4.74 Å². The number of hydrogen-bond donors (Lipinski definition) is 1. The van der Waals surface area contributed by atoms with Crippen LogP contribution < -0.4 is 5.32 Å². The molecule has 2 aromatic heterocycles. The summed E-state index contributed by atoms with van der Waals surface area (Å²) in [5.74, 6) is 0.687. The van der Waals surface area contributed by atoms with Gasteiger partial charge < -0.3 is 10.1 Å². The van der Waals surface area contributed by atoms with Gasteiger partial charge in [0.05, 0.1) is 29.8 Å². The normalized spacial score (nSPS) is 16.4. The minimum Gasteiger partial charge on any atom is -0.376 e. The Labute approximate surface area is 166 Å². The van der Waals surface area contributed by atoms with Crippen molar-refractivity contribution in [3.05, 3.63) is 42.1 Å². The van der Waals surface area contributed by atoms with Crippen molar-refractivity contribution in [3.8, 4) is 5.69 Å². The molecule has 146 valence electrons. The standard InChI is InChI=1S/C18H21N7O2S/c1-13-10-16(25(21-13)14-6-3-2-4-7-14)19-17(26)12-28-18-20-22-23-24(18)11-15-8-5-9-27-15/h2-4,6-7,10,15H,5,8-9,11-12H2,1H3,(H,19,26). The number of aryl methyl sites for hydroxylation is 1. The Morgan fingerprint density at radius 2 is 2.21 bits per heavy atom. The van der Waals surface area contributed by atoms with Gasteiger partial charge in [-0.2, -0.15) is 5.10 Å². The summed E-state index contributed by atoms with van der Waals surface area (Å²) in [4.78, 5) is 12.5. The number of nitrogens with one attached hydrogen (secondary N) is 1. The molecule has 0 radical (unpaired) electrons. The summed E-state index contributed by atoms with van der Waals surface area (Å²) in [6.07, 6.45) is 2.21. The van der Waals surface area contributed by atoms with Gasteiger partial charge in [-0.25, -0.2) is 9.36 Å². The zero-order valence-corrected chi connectivity index (χ0v) is 16.3. The minimum absolute atomic E-state index is 0.139. The molecule has 1 aromatic carbocycles. The lowest BCUT2D eigenvalue weighted by Crippen LogP contribution is -2.19. The van der Waals surface area contributed by atoms with Crippen LogP contribution in [0.5, 0.6) is 0 Å². The Balaban J connectivity index is 1.38. The van der Waals surface area contributed by atoms with E-state index in [0.717, 1.165) is 30.8 Å². The minimum atomic E-state index is -0.145. The number of aromatic nitrogens is 6. The van der Waals surface area contributed by atoms with Crippen LogP contribution in [-0.2, 0) is 16.1 Å². The SMILES string of the molecule is Cc1cc(NC(=O)CSc2nnnn2CC2CCCO2)n(-c2ccccc2)n1. The lowest BCUT2D eigenvalue weighted by molar-refractivity contribution is -0.113. The number of carbonyl (C=O) groups excluding carboxylic acids is 1. The number of hydrogen-bond acceptors (Lipinski definition) is 7. The maximum Gasteiger partial charge on any atom is 0.236 e. The van der Waals surface area contributed by atoms with Crippen LogP contribution in [0.4, 0.5) is 5.82 Å². The van der Waals surface area contributed by atoms with Crippen LogP contribution in [-0.4, -0.2) is 54.4 Å². The largest absolute Gasteiger partial charge is 0.376 e. The summed E-state index contributed by atoms with van der Waals surface area (Å²) in [6, 6.07) is 11.5. The van der Waals surface area contributed by atoms with Crippen LogP contribution in [0.1, 0.15) is 18.5 Å². The smallest absolute Gasteiger partial charge is 0.236 e. The first-order valence-corrected chi connectivity index (χ1v) is 10.1. The highest BCUT2D eigenvalue weighted by atomic mass is 32.2. The topological polar surface area (TPSA) is 99.8 Å². The number of nitrogens with zero attached hydrogens (tertiary/aromatic N) is 6. The Hall–Kier alpha value is -2.72. The number of benzene rings is 1. The molecule has 9 nitrogen and oxygen atoms in total. The molecule has 4 rings (SSSR count). The van der Waals surface area contributed by atoms with Crippen LogP contribution in [0.15, 0.2) is 41.6 Å². The summed E-state index contributed by atoms with van der Waals surface area (Å²) >= 11 is 1.30. The van der Waals surface area contributed by atoms with Crippen LogP contribution >= 0.6 is 11.8 Å². The molecule has 1 atom stereocenters. The fraction of sp³-hybridized carbons (Fsp3) is 0.389. The fourth-order valence-electron chi connectivity index (χ4n) is 3.06. The summed E-state index contributed by atoms with van der Waals surface area (Å²) in [5.41, 5.74) is 1.71. The second-order valence-electron chi connectivity index (χ2n) is 6.53. The van der Waals surface area contributed by atoms with Crippen molar-refractivity contribution in [2.24, 2.45) is 0 Å². The number of carbonyl (C=O) groups is 1. The van der Waals surface area contributed by atoms with Gasteiger partial charge in [0.25, 0.3) is 0 Å². The van der Waals surface area contributed by atoms with Crippen molar-refractivity contribution < 1.29 is 9.53 Å². The van der Waals surface area contributed by atoms with Crippen molar-refractivity contribution in [2.75, 3.05) is 17.7 Å². The second kappa shape index (κ2) is 8.53. The van der Waals surface area contributed by atoms with Crippen molar-refractivity contribution in [1.82, 2.24) is 30.0 Å². The van der Waals surface area contributed by atoms with Crippen molar-refractivity contribution in [2.45, 2.75) is 37.6 Å². The lowest BCUT2D eigenvalue weighted by Gasteiger charge is -2.10. The van der Waals surface area contributed by atoms with Crippen molar-refractivity contribution >= 4 is 23.5 Å². The highest BCUT2D eigenvalue weighted by Crippen LogP contribution is 2.20. The molecule has 1 saturated heterocycles.